The molecule has 0 spiro atoms. The zero-order valence-electron chi connectivity index (χ0n) is 26.7. The maximum atomic E-state index is 13.4. The number of halogens is 1. The number of likely N-dealkylation sites (N-methyl/N-ethyl adjacent to an activating group) is 1. The number of carbonyl (C=O) groups is 3. The number of aryl methyl sites for hydroxylation is 1. The maximum absolute atomic E-state index is 13.4. The van der Waals surface area contributed by atoms with Crippen LogP contribution in [-0.2, 0) is 9.53 Å². The summed E-state index contributed by atoms with van der Waals surface area (Å²) in [5, 5.41) is 9.78. The molecule has 0 saturated carbocycles. The number of piperidine rings is 1. The molecule has 0 radical (unpaired) electrons. The highest BCUT2D eigenvalue weighted by Crippen LogP contribution is 2.32. The summed E-state index contributed by atoms with van der Waals surface area (Å²) in [4.78, 5) is 48.2. The lowest BCUT2D eigenvalue weighted by Crippen LogP contribution is -2.43. The van der Waals surface area contributed by atoms with Crippen LogP contribution in [0.15, 0.2) is 42.5 Å². The van der Waals surface area contributed by atoms with Crippen LogP contribution in [0.25, 0.3) is 0 Å². The predicted molar refractivity (Wildman–Crippen MR) is 176 cm³/mol. The number of benzene rings is 2. The van der Waals surface area contributed by atoms with Gasteiger partial charge in [-0.3, -0.25) is 14.5 Å². The van der Waals surface area contributed by atoms with Gasteiger partial charge in [0.1, 0.15) is 6.10 Å². The lowest BCUT2D eigenvalue weighted by molar-refractivity contribution is -0.130. The van der Waals surface area contributed by atoms with Crippen molar-refractivity contribution < 1.29 is 24.2 Å². The molecule has 3 amide bonds. The van der Waals surface area contributed by atoms with Crippen LogP contribution >= 0.6 is 11.6 Å². The Morgan fingerprint density at radius 1 is 0.933 bits per heavy atom. The lowest BCUT2D eigenvalue weighted by atomic mass is 10.0. The number of likely N-dealkylation sites (tertiary alicyclic amines) is 3. The molecule has 5 rings (SSSR count). The van der Waals surface area contributed by atoms with E-state index in [9.17, 15) is 19.5 Å². The Bertz CT molecular complexity index is 1330. The normalized spacial score (nSPS) is 20.3. The first kappa shape index (κ1) is 33.0. The number of ether oxygens (including phenoxy) is 1. The first-order valence-electron chi connectivity index (χ1n) is 16.1. The highest BCUT2D eigenvalue weighted by atomic mass is 35.5. The van der Waals surface area contributed by atoms with Crippen molar-refractivity contribution >= 4 is 40.9 Å². The molecule has 3 saturated heterocycles. The zero-order chi connectivity index (χ0) is 32.1. The molecule has 45 heavy (non-hydrogen) atoms. The molecule has 3 fully saturated rings. The summed E-state index contributed by atoms with van der Waals surface area (Å²) in [5.41, 5.74) is 3.34. The Morgan fingerprint density at radius 3 is 2.18 bits per heavy atom. The van der Waals surface area contributed by atoms with Gasteiger partial charge in [0, 0.05) is 101 Å². The van der Waals surface area contributed by atoms with E-state index in [0.29, 0.717) is 61.4 Å². The third kappa shape index (κ3) is 8.09. The van der Waals surface area contributed by atoms with E-state index in [1.165, 1.54) is 0 Å². The third-order valence-electron chi connectivity index (χ3n) is 9.54. The number of fused-ring (bicyclic) bond motifs is 1. The van der Waals surface area contributed by atoms with E-state index in [-0.39, 0.29) is 30.6 Å². The standard InChI is InChI=1S/C34H46ClN5O5/c1-24-5-8-30(19-32(24)35)40(34(44)45-31-11-15-38(16-12-31)25(2)42)14-4-13-37-20-27-22-39(23-28(27)21-37)33(43)26-6-9-29(10-7-26)36(3)17-18-41/h5-10,19,27-28,31,41H,4,11-18,20-23H2,1-3H3. The summed E-state index contributed by atoms with van der Waals surface area (Å²) in [7, 11) is 1.92. The minimum atomic E-state index is -0.378. The number of hydrogen-bond donors (Lipinski definition) is 1. The minimum Gasteiger partial charge on any atom is -0.446 e. The van der Waals surface area contributed by atoms with E-state index < -0.39 is 0 Å². The molecule has 1 N–H and O–H groups in total. The predicted octanol–water partition coefficient (Wildman–Crippen LogP) is 4.12. The fourth-order valence-corrected chi connectivity index (χ4v) is 6.96. The number of nitrogens with zero attached hydrogens (tertiary/aromatic N) is 5. The van der Waals surface area contributed by atoms with E-state index in [2.05, 4.69) is 4.90 Å². The van der Waals surface area contributed by atoms with E-state index in [0.717, 1.165) is 56.1 Å². The number of aliphatic hydroxyl groups is 1. The van der Waals surface area contributed by atoms with E-state index in [1.54, 1.807) is 16.7 Å². The Kier molecular flexibility index (Phi) is 10.9. The van der Waals surface area contributed by atoms with Gasteiger partial charge in [-0.15, -0.1) is 0 Å². The maximum Gasteiger partial charge on any atom is 0.414 e. The zero-order valence-corrected chi connectivity index (χ0v) is 27.4. The second kappa shape index (κ2) is 14.8. The van der Waals surface area contributed by atoms with Crippen LogP contribution in [-0.4, -0.2) is 116 Å². The van der Waals surface area contributed by atoms with Crippen LogP contribution in [0.4, 0.5) is 16.2 Å². The number of rotatable bonds is 10. The van der Waals surface area contributed by atoms with Gasteiger partial charge in [-0.1, -0.05) is 17.7 Å². The fraction of sp³-hybridized carbons (Fsp3) is 0.559. The molecule has 0 aromatic heterocycles. The fourth-order valence-electron chi connectivity index (χ4n) is 6.78. The molecule has 0 aliphatic carbocycles. The van der Waals surface area contributed by atoms with E-state index in [4.69, 9.17) is 16.3 Å². The van der Waals surface area contributed by atoms with Crippen molar-refractivity contribution in [3.8, 4) is 0 Å². The molecule has 3 aliphatic heterocycles. The van der Waals surface area contributed by atoms with Crippen molar-refractivity contribution in [2.24, 2.45) is 11.8 Å². The summed E-state index contributed by atoms with van der Waals surface area (Å²) >= 11 is 6.43. The number of aliphatic hydroxyl groups excluding tert-OH is 1. The number of anilines is 2. The van der Waals surface area contributed by atoms with Crippen LogP contribution in [0.2, 0.25) is 5.02 Å². The van der Waals surface area contributed by atoms with Gasteiger partial charge in [-0.05, 0) is 73.7 Å². The Hall–Kier alpha value is -3.34. The van der Waals surface area contributed by atoms with Crippen molar-refractivity contribution in [2.75, 3.05) is 82.4 Å². The molecule has 2 aromatic carbocycles. The molecule has 3 heterocycles. The first-order chi connectivity index (χ1) is 21.6. The average Bonchev–Trinajstić information content (AvgIpc) is 3.60. The Labute approximate surface area is 271 Å². The van der Waals surface area contributed by atoms with Crippen molar-refractivity contribution in [1.29, 1.82) is 0 Å². The van der Waals surface area contributed by atoms with Gasteiger partial charge in [0.05, 0.1) is 6.61 Å². The quantitative estimate of drug-likeness (QED) is 0.418. The summed E-state index contributed by atoms with van der Waals surface area (Å²) in [6.45, 7) is 10.1. The molecule has 244 valence electrons. The molecule has 10 nitrogen and oxygen atoms in total. The van der Waals surface area contributed by atoms with Gasteiger partial charge < -0.3 is 29.4 Å². The van der Waals surface area contributed by atoms with Crippen LogP contribution in [0.1, 0.15) is 42.1 Å². The number of amides is 3. The highest BCUT2D eigenvalue weighted by Gasteiger charge is 2.41. The second-order valence-corrected chi connectivity index (χ2v) is 13.1. The summed E-state index contributed by atoms with van der Waals surface area (Å²) in [6, 6.07) is 13.3. The molecular weight excluding hydrogens is 594 g/mol. The van der Waals surface area contributed by atoms with Crippen molar-refractivity contribution in [3.05, 3.63) is 58.6 Å². The van der Waals surface area contributed by atoms with Gasteiger partial charge in [-0.25, -0.2) is 4.79 Å². The van der Waals surface area contributed by atoms with Gasteiger partial charge in [-0.2, -0.15) is 0 Å². The molecular formula is C34H46ClN5O5. The van der Waals surface area contributed by atoms with Crippen LogP contribution in [0.3, 0.4) is 0 Å². The van der Waals surface area contributed by atoms with Gasteiger partial charge in [0.2, 0.25) is 5.91 Å². The molecule has 3 aliphatic rings. The molecule has 0 bridgehead atoms. The Morgan fingerprint density at radius 2 is 1.58 bits per heavy atom. The molecule has 2 aromatic rings. The molecule has 11 heteroatoms. The SMILES string of the molecule is CC(=O)N1CCC(OC(=O)N(CCCN2CC3CN(C(=O)c4ccc(N(C)CCO)cc4)CC3C2)c2ccc(C)c(Cl)c2)CC1. The Balaban J connectivity index is 1.12. The van der Waals surface area contributed by atoms with Crippen LogP contribution in [0, 0.1) is 18.8 Å². The van der Waals surface area contributed by atoms with E-state index in [1.807, 2.05) is 66.2 Å². The lowest BCUT2D eigenvalue weighted by Gasteiger charge is -2.32. The van der Waals surface area contributed by atoms with Crippen molar-refractivity contribution in [2.45, 2.75) is 39.2 Å². The monoisotopic (exact) mass is 639 g/mol. The highest BCUT2D eigenvalue weighted by molar-refractivity contribution is 6.31. The van der Waals surface area contributed by atoms with Gasteiger partial charge in [0.15, 0.2) is 0 Å². The largest absolute Gasteiger partial charge is 0.446 e. The smallest absolute Gasteiger partial charge is 0.414 e. The van der Waals surface area contributed by atoms with Gasteiger partial charge >= 0.3 is 6.09 Å². The third-order valence-corrected chi connectivity index (χ3v) is 9.95. The topological polar surface area (TPSA) is 96.9 Å². The summed E-state index contributed by atoms with van der Waals surface area (Å²) in [6.07, 6.45) is 1.46. The number of hydrogen-bond acceptors (Lipinski definition) is 7. The first-order valence-corrected chi connectivity index (χ1v) is 16.4. The van der Waals surface area contributed by atoms with Crippen molar-refractivity contribution in [3.63, 3.8) is 0 Å². The van der Waals surface area contributed by atoms with Crippen molar-refractivity contribution in [1.82, 2.24) is 14.7 Å². The van der Waals surface area contributed by atoms with Crippen LogP contribution < -0.4 is 9.80 Å². The van der Waals surface area contributed by atoms with Crippen LogP contribution in [0.5, 0.6) is 0 Å². The second-order valence-electron chi connectivity index (χ2n) is 12.7. The molecule has 2 unspecified atom stereocenters. The summed E-state index contributed by atoms with van der Waals surface area (Å²) in [5.74, 6) is 1.02. The number of carbonyl (C=O) groups excluding carboxylic acids is 3. The minimum absolute atomic E-state index is 0.0508. The van der Waals surface area contributed by atoms with Gasteiger partial charge in [0.25, 0.3) is 5.91 Å². The summed E-state index contributed by atoms with van der Waals surface area (Å²) < 4.78 is 5.93. The van der Waals surface area contributed by atoms with E-state index >= 15 is 0 Å². The average molecular weight is 640 g/mol. The molecule has 2 atom stereocenters.